The van der Waals surface area contributed by atoms with Gasteiger partial charge in [-0.3, -0.25) is 10.1 Å². The summed E-state index contributed by atoms with van der Waals surface area (Å²) in [7, 11) is 0. The third-order valence-corrected chi connectivity index (χ3v) is 4.96. The van der Waals surface area contributed by atoms with E-state index in [1.165, 1.54) is 0 Å². The van der Waals surface area contributed by atoms with Gasteiger partial charge in [-0.05, 0) is 45.0 Å². The van der Waals surface area contributed by atoms with Crippen molar-refractivity contribution in [2.45, 2.75) is 31.4 Å². The number of carbonyl (C=O) groups is 1. The van der Waals surface area contributed by atoms with E-state index in [1.54, 1.807) is 23.9 Å². The molecule has 0 fully saturated rings. The van der Waals surface area contributed by atoms with Gasteiger partial charge in [0.25, 0.3) is 5.91 Å². The first-order chi connectivity index (χ1) is 15.1. The van der Waals surface area contributed by atoms with Gasteiger partial charge in [0.15, 0.2) is 11.5 Å². The highest BCUT2D eigenvalue weighted by Gasteiger charge is 2.20. The van der Waals surface area contributed by atoms with Gasteiger partial charge in [0, 0.05) is 10.5 Å². The Balaban J connectivity index is 1.73. The predicted molar refractivity (Wildman–Crippen MR) is 118 cm³/mol. The molecule has 0 radical (unpaired) electrons. The summed E-state index contributed by atoms with van der Waals surface area (Å²) in [6.07, 6.45) is 0. The monoisotopic (exact) mass is 443 g/mol. The van der Waals surface area contributed by atoms with Crippen molar-refractivity contribution in [2.75, 3.05) is 25.1 Å². The summed E-state index contributed by atoms with van der Waals surface area (Å²) in [5.41, 5.74) is 0.328. The van der Waals surface area contributed by atoms with Gasteiger partial charge in [-0.15, -0.1) is 16.9 Å². The Kier molecular flexibility index (Phi) is 8.17. The minimum absolute atomic E-state index is 0.0264. The normalized spacial score (nSPS) is 10.5. The summed E-state index contributed by atoms with van der Waals surface area (Å²) in [6.45, 7) is 6.87. The van der Waals surface area contributed by atoms with E-state index >= 15 is 0 Å². The molecule has 0 bridgehead atoms. The minimum atomic E-state index is -0.420. The van der Waals surface area contributed by atoms with Crippen molar-refractivity contribution >= 4 is 23.7 Å². The van der Waals surface area contributed by atoms with Crippen LogP contribution in [0, 0.1) is 0 Å². The average molecular weight is 444 g/mol. The molecule has 2 aromatic carbocycles. The maximum Gasteiger partial charge on any atom is 0.322 e. The highest BCUT2D eigenvalue weighted by molar-refractivity contribution is 7.98. The molecule has 0 aliphatic rings. The van der Waals surface area contributed by atoms with Crippen molar-refractivity contribution in [3.05, 3.63) is 53.9 Å². The van der Waals surface area contributed by atoms with E-state index in [9.17, 15) is 4.79 Å². The van der Waals surface area contributed by atoms with Crippen LogP contribution in [-0.4, -0.2) is 35.9 Å². The molecule has 31 heavy (non-hydrogen) atoms. The molecule has 0 saturated carbocycles. The van der Waals surface area contributed by atoms with Crippen LogP contribution in [0.15, 0.2) is 51.8 Å². The van der Waals surface area contributed by atoms with Crippen molar-refractivity contribution < 1.29 is 23.4 Å². The van der Waals surface area contributed by atoms with Crippen LogP contribution in [0.4, 0.5) is 6.01 Å². The van der Waals surface area contributed by atoms with Crippen LogP contribution in [0.5, 0.6) is 17.2 Å². The number of thioether (sulfide) groups is 1. The summed E-state index contributed by atoms with van der Waals surface area (Å²) in [4.78, 5) is 13.9. The summed E-state index contributed by atoms with van der Waals surface area (Å²) < 4.78 is 22.5. The third-order valence-electron chi connectivity index (χ3n) is 3.96. The third kappa shape index (κ3) is 6.14. The fraction of sp³-hybridized carbons (Fsp3) is 0.318. The summed E-state index contributed by atoms with van der Waals surface area (Å²) in [6, 6.07) is 13.1. The van der Waals surface area contributed by atoms with E-state index in [1.807, 2.05) is 51.1 Å². The fourth-order valence-electron chi connectivity index (χ4n) is 2.71. The average Bonchev–Trinajstić information content (AvgIpc) is 3.22. The maximum absolute atomic E-state index is 12.8. The zero-order valence-corrected chi connectivity index (χ0v) is 18.5. The quantitative estimate of drug-likeness (QED) is 0.422. The van der Waals surface area contributed by atoms with E-state index in [0.717, 1.165) is 4.90 Å². The lowest BCUT2D eigenvalue weighted by molar-refractivity contribution is 0.102. The summed E-state index contributed by atoms with van der Waals surface area (Å²) in [5.74, 6) is 1.84. The molecular formula is C22H25N3O5S. The van der Waals surface area contributed by atoms with Gasteiger partial charge in [0.1, 0.15) is 0 Å². The molecule has 9 heteroatoms. The van der Waals surface area contributed by atoms with Gasteiger partial charge in [0.05, 0.1) is 25.6 Å². The number of rotatable bonds is 11. The molecule has 0 unspecified atom stereocenters. The molecule has 3 aromatic rings. The Labute approximate surface area is 185 Å². The SMILES string of the molecule is CCOc1cc(C(=O)Nc2nnc(CSc3ccccc3)o2)cc(OCC)c1OCC. The number of hydrogen-bond donors (Lipinski definition) is 1. The van der Waals surface area contributed by atoms with E-state index in [-0.39, 0.29) is 6.01 Å². The zero-order valence-electron chi connectivity index (χ0n) is 17.7. The van der Waals surface area contributed by atoms with Crippen LogP contribution in [0.1, 0.15) is 37.0 Å². The highest BCUT2D eigenvalue weighted by Crippen LogP contribution is 2.39. The standard InChI is InChI=1S/C22H25N3O5S/c1-4-27-17-12-15(13-18(28-5-2)20(17)29-6-3)21(26)23-22-25-24-19(30-22)14-31-16-10-8-7-9-11-16/h7-13H,4-6,14H2,1-3H3,(H,23,25,26). The molecule has 1 heterocycles. The van der Waals surface area contributed by atoms with Crippen molar-refractivity contribution in [3.8, 4) is 17.2 Å². The number of ether oxygens (including phenoxy) is 3. The first-order valence-electron chi connectivity index (χ1n) is 10.0. The molecule has 3 rings (SSSR count). The van der Waals surface area contributed by atoms with Crippen LogP contribution >= 0.6 is 11.8 Å². The molecule has 1 N–H and O–H groups in total. The number of nitrogens with one attached hydrogen (secondary N) is 1. The molecule has 164 valence electrons. The summed E-state index contributed by atoms with van der Waals surface area (Å²) in [5, 5.41) is 10.5. The first-order valence-corrected chi connectivity index (χ1v) is 11.0. The minimum Gasteiger partial charge on any atom is -0.490 e. The number of hydrogen-bond acceptors (Lipinski definition) is 8. The van der Waals surface area contributed by atoms with Gasteiger partial charge in [-0.1, -0.05) is 23.3 Å². The van der Waals surface area contributed by atoms with E-state index < -0.39 is 5.91 Å². The van der Waals surface area contributed by atoms with Gasteiger partial charge in [-0.2, -0.15) is 0 Å². The number of aromatic nitrogens is 2. The second-order valence-corrected chi connectivity index (χ2v) is 7.21. The lowest BCUT2D eigenvalue weighted by Gasteiger charge is -2.16. The lowest BCUT2D eigenvalue weighted by atomic mass is 10.1. The van der Waals surface area contributed by atoms with Gasteiger partial charge >= 0.3 is 6.01 Å². The topological polar surface area (TPSA) is 95.7 Å². The highest BCUT2D eigenvalue weighted by atomic mass is 32.2. The first kappa shape index (κ1) is 22.5. The number of amides is 1. The van der Waals surface area contributed by atoms with Crippen molar-refractivity contribution in [1.29, 1.82) is 0 Å². The Bertz CT molecular complexity index is 967. The maximum atomic E-state index is 12.8. The molecule has 0 spiro atoms. The van der Waals surface area contributed by atoms with Gasteiger partial charge in [-0.25, -0.2) is 0 Å². The number of anilines is 1. The van der Waals surface area contributed by atoms with E-state index in [2.05, 4.69) is 15.5 Å². The second kappa shape index (κ2) is 11.3. The summed E-state index contributed by atoms with van der Waals surface area (Å²) >= 11 is 1.57. The van der Waals surface area contributed by atoms with E-state index in [4.69, 9.17) is 18.6 Å². The van der Waals surface area contributed by atoms with E-state index in [0.29, 0.717) is 54.3 Å². The predicted octanol–water partition coefficient (Wildman–Crippen LogP) is 4.81. The Morgan fingerprint density at radius 3 is 2.23 bits per heavy atom. The number of nitrogens with zero attached hydrogens (tertiary/aromatic N) is 2. The molecule has 0 saturated heterocycles. The molecule has 1 aromatic heterocycles. The second-order valence-electron chi connectivity index (χ2n) is 6.16. The molecule has 0 aliphatic carbocycles. The fourth-order valence-corrected chi connectivity index (χ4v) is 3.47. The molecule has 0 atom stereocenters. The van der Waals surface area contributed by atoms with Crippen LogP contribution in [0.3, 0.4) is 0 Å². The largest absolute Gasteiger partial charge is 0.490 e. The van der Waals surface area contributed by atoms with Crippen LogP contribution in [-0.2, 0) is 5.75 Å². The van der Waals surface area contributed by atoms with Crippen molar-refractivity contribution in [3.63, 3.8) is 0 Å². The number of carbonyl (C=O) groups excluding carboxylic acids is 1. The van der Waals surface area contributed by atoms with Gasteiger partial charge < -0.3 is 18.6 Å². The van der Waals surface area contributed by atoms with Crippen molar-refractivity contribution in [2.24, 2.45) is 0 Å². The van der Waals surface area contributed by atoms with Crippen LogP contribution < -0.4 is 19.5 Å². The Morgan fingerprint density at radius 2 is 1.61 bits per heavy atom. The molecule has 0 aliphatic heterocycles. The Hall–Kier alpha value is -3.20. The van der Waals surface area contributed by atoms with Crippen molar-refractivity contribution in [1.82, 2.24) is 10.2 Å². The smallest absolute Gasteiger partial charge is 0.322 e. The molecule has 1 amide bonds. The van der Waals surface area contributed by atoms with Gasteiger partial charge in [0.2, 0.25) is 11.6 Å². The molecular weight excluding hydrogens is 418 g/mol. The molecule has 8 nitrogen and oxygen atoms in total. The zero-order chi connectivity index (χ0) is 22.1. The lowest BCUT2D eigenvalue weighted by Crippen LogP contribution is -2.13. The van der Waals surface area contributed by atoms with Crippen LogP contribution in [0.25, 0.3) is 0 Å². The number of benzene rings is 2. The van der Waals surface area contributed by atoms with Crippen LogP contribution in [0.2, 0.25) is 0 Å². The Morgan fingerprint density at radius 1 is 0.968 bits per heavy atom.